The fourth-order valence-electron chi connectivity index (χ4n) is 20.9. The first kappa shape index (κ1) is 81.0. The number of aromatic nitrogens is 2. The zero-order valence-electron chi connectivity index (χ0n) is 75.4. The Hall–Kier alpha value is -18.0. The van der Waals surface area contributed by atoms with Gasteiger partial charge in [-0.05, 0) is 237 Å². The molecule has 26 aromatic rings. The molecule has 0 spiro atoms. The first-order valence-corrected chi connectivity index (χ1v) is 46.8. The molecule has 1 aliphatic carbocycles. The molecule has 648 valence electrons. The average Bonchev–Trinajstić information content (AvgIpc) is 1.66. The Morgan fingerprint density at radius 2 is 0.482 bits per heavy atom. The largest absolute Gasteiger partial charge is 0.456 e. The van der Waals surface area contributed by atoms with Crippen LogP contribution < -0.4 is 14.7 Å². The second kappa shape index (κ2) is 34.0. The van der Waals surface area contributed by atoms with E-state index in [-0.39, 0.29) is 5.41 Å². The summed E-state index contributed by atoms with van der Waals surface area (Å²) in [6.07, 6.45) is 0. The Labute approximate surface area is 793 Å². The maximum Gasteiger partial charge on any atom is 0.143 e. The second-order valence-electron chi connectivity index (χ2n) is 35.8. The minimum absolute atomic E-state index is 0.0834. The van der Waals surface area contributed by atoms with Crippen LogP contribution in [0.1, 0.15) is 25.0 Å². The molecule has 5 aromatic heterocycles. The molecule has 0 amide bonds. The first-order chi connectivity index (χ1) is 67.7. The van der Waals surface area contributed by atoms with E-state index in [0.717, 1.165) is 140 Å². The molecule has 0 unspecified atom stereocenters. The number of hydrogen-bond donors (Lipinski definition) is 0. The number of nitrogens with zero attached hydrogens (tertiary/aromatic N) is 5. The van der Waals surface area contributed by atoms with Gasteiger partial charge in [0.1, 0.15) is 33.5 Å². The van der Waals surface area contributed by atoms with E-state index < -0.39 is 0 Å². The Morgan fingerprint density at radius 3 is 0.964 bits per heavy atom. The van der Waals surface area contributed by atoms with Gasteiger partial charge in [-0.3, -0.25) is 0 Å². The summed E-state index contributed by atoms with van der Waals surface area (Å²) in [6, 6.07) is 179. The SMILES string of the molecule is CC1(C)c2ccccc2-c2ccc(N(c3ccc(-c4ccccc4)cc3)c3ccc(-c4cccc5c4oc4ccccc45)cc3)cc21.c1ccc(-c2ccc(N(c3ccc(-n4c5ccccc5c5ccccc54)cc3)c3ccc4c(c3)oc3ccccc34)cc2)cc1.c1ccc(N(c2ccc(-c3cccc(-n4c5ccccc5c5ccccc54)c3)cc2)c2ccc3c(c2)oc2ccccc23)cc1. The summed E-state index contributed by atoms with van der Waals surface area (Å²) in [5.74, 6) is 0. The van der Waals surface area contributed by atoms with Gasteiger partial charge in [0.15, 0.2) is 0 Å². The standard InChI is InChI=1S/C45H33NO.2C42H28N2O/c1-45(2)41-17-8-6-13-37(41)38-28-27-35(29-42(38)45)46(33-23-19-31(20-24-33)30-11-4-3-5-12-30)34-25-21-32(22-26-34)36-15-10-16-40-39-14-7-9-18-43(39)47-44(36)40;1-2-12-31(13-3-1)43(34-25-26-38-37-17-6-9-20-41(37)45-42(38)28-34)32-23-21-29(22-24-32)30-11-10-14-33(27-30)44-39-18-7-4-15-35(39)36-16-5-8-19-40(36)44;1-2-10-29(11-3-1)30-18-20-31(21-19-30)43(34-26-27-38-37-14-6-9-17-41(37)45-42(38)28-34)32-22-24-33(25-23-32)44-39-15-7-4-12-35(39)36-13-5-8-16-40(36)44/h3-29H,1-2H3;2*1-28H. The van der Waals surface area contributed by atoms with E-state index in [0.29, 0.717) is 0 Å². The zero-order valence-corrected chi connectivity index (χ0v) is 75.4. The highest BCUT2D eigenvalue weighted by Crippen LogP contribution is 2.52. The number of rotatable bonds is 15. The van der Waals surface area contributed by atoms with Crippen LogP contribution >= 0.6 is 0 Å². The van der Waals surface area contributed by atoms with Crippen molar-refractivity contribution in [2.45, 2.75) is 19.3 Å². The fourth-order valence-corrected chi connectivity index (χ4v) is 20.9. The normalized spacial score (nSPS) is 12.1. The lowest BCUT2D eigenvalue weighted by Gasteiger charge is -2.28. The van der Waals surface area contributed by atoms with Crippen molar-refractivity contribution in [1.82, 2.24) is 9.13 Å². The van der Waals surface area contributed by atoms with Gasteiger partial charge in [-0.25, -0.2) is 0 Å². The molecule has 8 heteroatoms. The van der Waals surface area contributed by atoms with Gasteiger partial charge in [-0.1, -0.05) is 329 Å². The van der Waals surface area contributed by atoms with Crippen molar-refractivity contribution in [3.05, 3.63) is 515 Å². The Kier molecular flexibility index (Phi) is 20.1. The molecular formula is C129H89N5O3. The molecule has 0 fully saturated rings. The van der Waals surface area contributed by atoms with E-state index in [2.05, 4.69) is 505 Å². The smallest absolute Gasteiger partial charge is 0.143 e. The van der Waals surface area contributed by atoms with E-state index in [1.165, 1.54) is 99.2 Å². The van der Waals surface area contributed by atoms with Gasteiger partial charge in [0.05, 0.1) is 22.1 Å². The van der Waals surface area contributed by atoms with Crippen molar-refractivity contribution in [2.24, 2.45) is 0 Å². The van der Waals surface area contributed by atoms with Crippen LogP contribution in [0, 0.1) is 0 Å². The van der Waals surface area contributed by atoms with Crippen molar-refractivity contribution in [3.8, 4) is 67.0 Å². The maximum atomic E-state index is 6.38. The molecule has 0 aliphatic heterocycles. The zero-order chi connectivity index (χ0) is 91.0. The van der Waals surface area contributed by atoms with Gasteiger partial charge in [-0.2, -0.15) is 0 Å². The molecule has 0 N–H and O–H groups in total. The lowest BCUT2D eigenvalue weighted by molar-refractivity contribution is 0.660. The number of anilines is 9. The van der Waals surface area contributed by atoms with Crippen LogP contribution in [0.2, 0.25) is 0 Å². The van der Waals surface area contributed by atoms with Crippen molar-refractivity contribution < 1.29 is 13.3 Å². The summed E-state index contributed by atoms with van der Waals surface area (Å²) in [5, 5.41) is 11.9. The van der Waals surface area contributed by atoms with Crippen LogP contribution in [-0.2, 0) is 5.41 Å². The topological polar surface area (TPSA) is 59.0 Å². The summed E-state index contributed by atoms with van der Waals surface area (Å²) in [5.41, 5.74) is 37.0. The second-order valence-corrected chi connectivity index (χ2v) is 35.8. The Morgan fingerprint density at radius 1 is 0.175 bits per heavy atom. The molecule has 0 radical (unpaired) electrons. The molecule has 8 nitrogen and oxygen atoms in total. The summed E-state index contributed by atoms with van der Waals surface area (Å²) in [7, 11) is 0. The molecule has 0 atom stereocenters. The number of fused-ring (bicyclic) bond motifs is 18. The van der Waals surface area contributed by atoms with Crippen LogP contribution in [0.5, 0.6) is 0 Å². The molecule has 137 heavy (non-hydrogen) atoms. The third kappa shape index (κ3) is 14.5. The van der Waals surface area contributed by atoms with Crippen LogP contribution in [0.4, 0.5) is 51.2 Å². The summed E-state index contributed by atoms with van der Waals surface area (Å²) >= 11 is 0. The van der Waals surface area contributed by atoms with Crippen LogP contribution in [0.3, 0.4) is 0 Å². The predicted molar refractivity (Wildman–Crippen MR) is 573 cm³/mol. The average molecular weight is 1760 g/mol. The van der Waals surface area contributed by atoms with Crippen molar-refractivity contribution in [3.63, 3.8) is 0 Å². The molecule has 5 heterocycles. The van der Waals surface area contributed by atoms with Crippen molar-refractivity contribution in [2.75, 3.05) is 14.7 Å². The van der Waals surface area contributed by atoms with Gasteiger partial charge < -0.3 is 37.1 Å². The predicted octanol–water partition coefficient (Wildman–Crippen LogP) is 36.3. The van der Waals surface area contributed by atoms with Gasteiger partial charge >= 0.3 is 0 Å². The molecule has 0 saturated carbocycles. The van der Waals surface area contributed by atoms with E-state index in [9.17, 15) is 0 Å². The molecule has 27 rings (SSSR count). The molecular weight excluding hydrogens is 1670 g/mol. The van der Waals surface area contributed by atoms with Crippen LogP contribution in [0.25, 0.3) is 176 Å². The lowest BCUT2D eigenvalue weighted by Crippen LogP contribution is -2.16. The number of benzene rings is 21. The third-order valence-electron chi connectivity index (χ3n) is 27.5. The van der Waals surface area contributed by atoms with E-state index in [4.69, 9.17) is 13.3 Å². The summed E-state index contributed by atoms with van der Waals surface area (Å²) < 4.78 is 23.7. The van der Waals surface area contributed by atoms with Crippen LogP contribution in [-0.4, -0.2) is 9.13 Å². The lowest BCUT2D eigenvalue weighted by atomic mass is 9.82. The van der Waals surface area contributed by atoms with Gasteiger partial charge in [0.25, 0.3) is 0 Å². The molecule has 21 aromatic carbocycles. The van der Waals surface area contributed by atoms with E-state index >= 15 is 0 Å². The highest BCUT2D eigenvalue weighted by atomic mass is 16.3. The monoisotopic (exact) mass is 1760 g/mol. The highest BCUT2D eigenvalue weighted by molar-refractivity contribution is 6.13. The van der Waals surface area contributed by atoms with Crippen molar-refractivity contribution in [1.29, 1.82) is 0 Å². The number of furan rings is 3. The highest BCUT2D eigenvalue weighted by Gasteiger charge is 2.36. The van der Waals surface area contributed by atoms with Gasteiger partial charge in [0.2, 0.25) is 0 Å². The van der Waals surface area contributed by atoms with Crippen LogP contribution in [0.15, 0.2) is 517 Å². The van der Waals surface area contributed by atoms with Gasteiger partial charge in [0, 0.05) is 140 Å². The fraction of sp³-hybridized carbons (Fsp3) is 0.0233. The summed E-state index contributed by atoms with van der Waals surface area (Å²) in [4.78, 5) is 6.96. The van der Waals surface area contributed by atoms with E-state index in [1.54, 1.807) is 0 Å². The minimum Gasteiger partial charge on any atom is -0.456 e. The van der Waals surface area contributed by atoms with E-state index in [1.807, 2.05) is 36.4 Å². The third-order valence-corrected chi connectivity index (χ3v) is 27.5. The molecule has 0 saturated heterocycles. The molecule has 0 bridgehead atoms. The number of para-hydroxylation sites is 9. The first-order valence-electron chi connectivity index (χ1n) is 46.8. The Bertz CT molecular complexity index is 8940. The summed E-state index contributed by atoms with van der Waals surface area (Å²) in [6.45, 7) is 4.68. The van der Waals surface area contributed by atoms with Crippen molar-refractivity contribution >= 4 is 161 Å². The Balaban J connectivity index is 0.000000109. The quantitative estimate of drug-likeness (QED) is 0.102. The molecule has 1 aliphatic rings. The maximum absolute atomic E-state index is 6.38. The minimum atomic E-state index is -0.0834. The van der Waals surface area contributed by atoms with Gasteiger partial charge in [-0.15, -0.1) is 0 Å². The number of hydrogen-bond acceptors (Lipinski definition) is 6.